The van der Waals surface area contributed by atoms with Crippen molar-refractivity contribution in [2.24, 2.45) is 0 Å². The topological polar surface area (TPSA) is 66.9 Å². The zero-order chi connectivity index (χ0) is 16.0. The summed E-state index contributed by atoms with van der Waals surface area (Å²) in [6.07, 6.45) is 0.951. The molecule has 6 nitrogen and oxygen atoms in total. The van der Waals surface area contributed by atoms with Crippen molar-refractivity contribution < 1.29 is 17.9 Å². The Kier molecular flexibility index (Phi) is 5.79. The standard InChI is InChI=1S/C15H22N2O4S/c1-21-15(18)16-9-11-17(12-10-16)22(19,20)13-5-8-14-6-3-2-4-7-14/h2-4,6-7H,5,8-13H2,1H3. The van der Waals surface area contributed by atoms with E-state index in [2.05, 4.69) is 4.74 Å². The maximum Gasteiger partial charge on any atom is 0.409 e. The number of rotatable bonds is 5. The predicted molar refractivity (Wildman–Crippen MR) is 84.1 cm³/mol. The van der Waals surface area contributed by atoms with Crippen molar-refractivity contribution in [3.8, 4) is 0 Å². The van der Waals surface area contributed by atoms with Crippen molar-refractivity contribution in [3.63, 3.8) is 0 Å². The van der Waals surface area contributed by atoms with E-state index in [-0.39, 0.29) is 5.75 Å². The first kappa shape index (κ1) is 16.8. The third-order valence-electron chi connectivity index (χ3n) is 3.78. The molecule has 0 radical (unpaired) electrons. The van der Waals surface area contributed by atoms with Crippen LogP contribution < -0.4 is 0 Å². The maximum absolute atomic E-state index is 12.3. The van der Waals surface area contributed by atoms with Gasteiger partial charge in [0.15, 0.2) is 0 Å². The fourth-order valence-corrected chi connectivity index (χ4v) is 4.00. The Labute approximate surface area is 131 Å². The van der Waals surface area contributed by atoms with Gasteiger partial charge in [-0.1, -0.05) is 30.3 Å². The lowest BCUT2D eigenvalue weighted by atomic mass is 10.1. The first-order valence-corrected chi connectivity index (χ1v) is 8.98. The average molecular weight is 326 g/mol. The Balaban J connectivity index is 1.80. The van der Waals surface area contributed by atoms with Gasteiger partial charge in [-0.05, 0) is 18.4 Å². The zero-order valence-electron chi connectivity index (χ0n) is 12.8. The molecule has 1 amide bonds. The second kappa shape index (κ2) is 7.60. The average Bonchev–Trinajstić information content (AvgIpc) is 2.55. The van der Waals surface area contributed by atoms with Gasteiger partial charge >= 0.3 is 6.09 Å². The molecule has 2 rings (SSSR count). The van der Waals surface area contributed by atoms with E-state index in [1.807, 2.05) is 30.3 Å². The summed E-state index contributed by atoms with van der Waals surface area (Å²) in [4.78, 5) is 12.9. The quantitative estimate of drug-likeness (QED) is 0.819. The van der Waals surface area contributed by atoms with Crippen LogP contribution in [0.2, 0.25) is 0 Å². The summed E-state index contributed by atoms with van der Waals surface area (Å²) in [5, 5.41) is 0. The number of hydrogen-bond donors (Lipinski definition) is 0. The van der Waals surface area contributed by atoms with Gasteiger partial charge in [-0.15, -0.1) is 0 Å². The second-order valence-electron chi connectivity index (χ2n) is 5.26. The van der Waals surface area contributed by atoms with Crippen LogP contribution in [-0.2, 0) is 21.2 Å². The summed E-state index contributed by atoms with van der Waals surface area (Å²) < 4.78 is 30.7. The van der Waals surface area contributed by atoms with Crippen LogP contribution in [0.15, 0.2) is 30.3 Å². The van der Waals surface area contributed by atoms with Crippen molar-refractivity contribution in [2.75, 3.05) is 39.0 Å². The molecule has 0 spiro atoms. The highest BCUT2D eigenvalue weighted by Crippen LogP contribution is 2.11. The molecule has 1 heterocycles. The molecule has 122 valence electrons. The molecule has 0 N–H and O–H groups in total. The van der Waals surface area contributed by atoms with E-state index in [9.17, 15) is 13.2 Å². The fourth-order valence-electron chi connectivity index (χ4n) is 2.51. The zero-order valence-corrected chi connectivity index (χ0v) is 13.6. The largest absolute Gasteiger partial charge is 0.453 e. The Morgan fingerprint density at radius 1 is 1.14 bits per heavy atom. The molecule has 0 atom stereocenters. The first-order valence-electron chi connectivity index (χ1n) is 7.37. The molecule has 1 saturated heterocycles. The first-order chi connectivity index (χ1) is 10.5. The highest BCUT2D eigenvalue weighted by Gasteiger charge is 2.28. The Hall–Kier alpha value is -1.60. The van der Waals surface area contributed by atoms with Gasteiger partial charge in [-0.25, -0.2) is 13.2 Å². The second-order valence-corrected chi connectivity index (χ2v) is 7.35. The number of piperazine rings is 1. The third kappa shape index (κ3) is 4.45. The summed E-state index contributed by atoms with van der Waals surface area (Å²) >= 11 is 0. The van der Waals surface area contributed by atoms with Gasteiger partial charge in [0.25, 0.3) is 0 Å². The number of hydrogen-bond acceptors (Lipinski definition) is 4. The number of sulfonamides is 1. The lowest BCUT2D eigenvalue weighted by Crippen LogP contribution is -2.51. The molecule has 7 heteroatoms. The van der Waals surface area contributed by atoms with Gasteiger partial charge in [-0.3, -0.25) is 0 Å². The van der Waals surface area contributed by atoms with Crippen LogP contribution in [0.25, 0.3) is 0 Å². The number of benzene rings is 1. The van der Waals surface area contributed by atoms with Gasteiger partial charge in [0.2, 0.25) is 10.0 Å². The Morgan fingerprint density at radius 3 is 2.36 bits per heavy atom. The minimum absolute atomic E-state index is 0.139. The summed E-state index contributed by atoms with van der Waals surface area (Å²) in [5.41, 5.74) is 1.15. The van der Waals surface area contributed by atoms with E-state index in [0.717, 1.165) is 12.0 Å². The van der Waals surface area contributed by atoms with Crippen molar-refractivity contribution >= 4 is 16.1 Å². The number of methoxy groups -OCH3 is 1. The molecule has 0 aromatic heterocycles. The van der Waals surface area contributed by atoms with Crippen molar-refractivity contribution in [3.05, 3.63) is 35.9 Å². The number of aryl methyl sites for hydroxylation is 1. The van der Waals surface area contributed by atoms with E-state index >= 15 is 0 Å². The monoisotopic (exact) mass is 326 g/mol. The van der Waals surface area contributed by atoms with Crippen LogP contribution in [0, 0.1) is 0 Å². The highest BCUT2D eigenvalue weighted by atomic mass is 32.2. The number of carbonyl (C=O) groups excluding carboxylic acids is 1. The van der Waals surface area contributed by atoms with Crippen LogP contribution in [0.4, 0.5) is 4.79 Å². The van der Waals surface area contributed by atoms with Crippen LogP contribution in [0.5, 0.6) is 0 Å². The van der Waals surface area contributed by atoms with Crippen molar-refractivity contribution in [1.29, 1.82) is 0 Å². The van der Waals surface area contributed by atoms with Gasteiger partial charge in [0, 0.05) is 26.2 Å². The van der Waals surface area contributed by atoms with Crippen LogP contribution in [0.1, 0.15) is 12.0 Å². The van der Waals surface area contributed by atoms with Gasteiger partial charge in [0.05, 0.1) is 12.9 Å². The summed E-state index contributed by atoms with van der Waals surface area (Å²) in [5.74, 6) is 0.139. The smallest absolute Gasteiger partial charge is 0.409 e. The van der Waals surface area contributed by atoms with Gasteiger partial charge in [0.1, 0.15) is 0 Å². The fraction of sp³-hybridized carbons (Fsp3) is 0.533. The summed E-state index contributed by atoms with van der Waals surface area (Å²) in [6.45, 7) is 1.43. The van der Waals surface area contributed by atoms with E-state index < -0.39 is 16.1 Å². The van der Waals surface area contributed by atoms with Gasteiger partial charge < -0.3 is 9.64 Å². The van der Waals surface area contributed by atoms with Crippen LogP contribution in [-0.4, -0.2) is 62.8 Å². The number of carbonyl (C=O) groups is 1. The van der Waals surface area contributed by atoms with E-state index in [1.165, 1.54) is 16.3 Å². The lowest BCUT2D eigenvalue weighted by Gasteiger charge is -2.33. The molecule has 1 aliphatic rings. The highest BCUT2D eigenvalue weighted by molar-refractivity contribution is 7.89. The molecule has 1 fully saturated rings. The molecular weight excluding hydrogens is 304 g/mol. The molecule has 1 aliphatic heterocycles. The number of nitrogens with zero attached hydrogens (tertiary/aromatic N) is 2. The SMILES string of the molecule is COC(=O)N1CCN(S(=O)(=O)CCCc2ccccc2)CC1. The molecule has 0 aliphatic carbocycles. The minimum atomic E-state index is -3.25. The van der Waals surface area contributed by atoms with Crippen molar-refractivity contribution in [2.45, 2.75) is 12.8 Å². The van der Waals surface area contributed by atoms with Crippen molar-refractivity contribution in [1.82, 2.24) is 9.21 Å². The Bertz CT molecular complexity index is 581. The van der Waals surface area contributed by atoms with Gasteiger partial charge in [-0.2, -0.15) is 4.31 Å². The van der Waals surface area contributed by atoms with E-state index in [1.54, 1.807) is 0 Å². The lowest BCUT2D eigenvalue weighted by molar-refractivity contribution is 0.108. The molecule has 22 heavy (non-hydrogen) atoms. The molecule has 1 aromatic rings. The summed E-state index contributed by atoms with van der Waals surface area (Å²) in [6, 6.07) is 9.86. The number of ether oxygens (including phenoxy) is 1. The third-order valence-corrected chi connectivity index (χ3v) is 5.73. The molecule has 0 unspecified atom stereocenters. The normalized spacial score (nSPS) is 16.5. The van der Waals surface area contributed by atoms with Crippen LogP contribution in [0.3, 0.4) is 0 Å². The summed E-state index contributed by atoms with van der Waals surface area (Å²) in [7, 11) is -1.93. The molecule has 1 aromatic carbocycles. The van der Waals surface area contributed by atoms with E-state index in [4.69, 9.17) is 0 Å². The molecule has 0 bridgehead atoms. The number of amides is 1. The van der Waals surface area contributed by atoms with E-state index in [0.29, 0.717) is 32.6 Å². The predicted octanol–water partition coefficient (Wildman–Crippen LogP) is 1.33. The Morgan fingerprint density at radius 2 is 1.77 bits per heavy atom. The maximum atomic E-state index is 12.3. The molecule has 0 saturated carbocycles. The minimum Gasteiger partial charge on any atom is -0.453 e. The molecular formula is C15H22N2O4S. The van der Waals surface area contributed by atoms with Crippen LogP contribution >= 0.6 is 0 Å².